The van der Waals surface area contributed by atoms with Gasteiger partial charge in [0.05, 0.1) is 6.04 Å². The summed E-state index contributed by atoms with van der Waals surface area (Å²) >= 11 is 0. The second kappa shape index (κ2) is 5.78. The van der Waals surface area contributed by atoms with Crippen molar-refractivity contribution in [3.63, 3.8) is 0 Å². The minimum absolute atomic E-state index is 0.316. The highest BCUT2D eigenvalue weighted by atomic mass is 32.2. The normalized spacial score (nSPS) is 19.5. The molecule has 0 bridgehead atoms. The Morgan fingerprint density at radius 1 is 1.00 bits per heavy atom. The van der Waals surface area contributed by atoms with Crippen LogP contribution in [0.25, 0.3) is 0 Å². The highest BCUT2D eigenvalue weighted by Gasteiger charge is 2.37. The van der Waals surface area contributed by atoms with E-state index in [1.165, 1.54) is 34.6 Å². The summed E-state index contributed by atoms with van der Waals surface area (Å²) in [5, 5.41) is 0. The lowest BCUT2D eigenvalue weighted by molar-refractivity contribution is 0.393. The van der Waals surface area contributed by atoms with Crippen molar-refractivity contribution in [2.24, 2.45) is 0 Å². The standard InChI is InChI=1S/C16H15F2NO2S/c17-13-9-7-12(8-10-13)15-5-3-11-19(15)22(20,21)16-6-2-1-4-14(16)18/h1-2,4,6-10,15H,3,5,11H2/t15-/m0/s1. The van der Waals surface area contributed by atoms with Gasteiger partial charge in [-0.05, 0) is 42.7 Å². The van der Waals surface area contributed by atoms with Crippen LogP contribution in [0.1, 0.15) is 24.4 Å². The summed E-state index contributed by atoms with van der Waals surface area (Å²) in [4.78, 5) is -0.316. The molecular weight excluding hydrogens is 308 g/mol. The van der Waals surface area contributed by atoms with Crippen LogP contribution in [0.2, 0.25) is 0 Å². The van der Waals surface area contributed by atoms with E-state index >= 15 is 0 Å². The molecule has 1 atom stereocenters. The van der Waals surface area contributed by atoms with E-state index < -0.39 is 15.8 Å². The SMILES string of the molecule is O=S(=O)(c1ccccc1F)N1CCC[C@H]1c1ccc(F)cc1. The van der Waals surface area contributed by atoms with Crippen molar-refractivity contribution in [1.29, 1.82) is 0 Å². The van der Waals surface area contributed by atoms with Gasteiger partial charge < -0.3 is 0 Å². The molecule has 0 aromatic heterocycles. The summed E-state index contributed by atoms with van der Waals surface area (Å²) < 4.78 is 53.6. The van der Waals surface area contributed by atoms with Crippen LogP contribution in [0.3, 0.4) is 0 Å². The van der Waals surface area contributed by atoms with Crippen molar-refractivity contribution < 1.29 is 17.2 Å². The molecule has 3 nitrogen and oxygen atoms in total. The van der Waals surface area contributed by atoms with Gasteiger partial charge in [-0.1, -0.05) is 24.3 Å². The molecule has 2 aromatic rings. The first kappa shape index (κ1) is 15.1. The fourth-order valence-corrected chi connectivity index (χ4v) is 4.58. The Kier molecular flexibility index (Phi) is 3.97. The fourth-order valence-electron chi connectivity index (χ4n) is 2.83. The molecular formula is C16H15F2NO2S. The van der Waals surface area contributed by atoms with Gasteiger partial charge in [0.15, 0.2) is 0 Å². The van der Waals surface area contributed by atoms with Gasteiger partial charge in [-0.25, -0.2) is 17.2 Å². The molecule has 0 N–H and O–H groups in total. The number of sulfonamides is 1. The average molecular weight is 323 g/mol. The van der Waals surface area contributed by atoms with Gasteiger partial charge in [-0.2, -0.15) is 4.31 Å². The maximum Gasteiger partial charge on any atom is 0.246 e. The minimum Gasteiger partial charge on any atom is -0.207 e. The summed E-state index contributed by atoms with van der Waals surface area (Å²) in [5.74, 6) is -1.13. The zero-order chi connectivity index (χ0) is 15.7. The highest BCUT2D eigenvalue weighted by molar-refractivity contribution is 7.89. The van der Waals surface area contributed by atoms with Gasteiger partial charge in [0.2, 0.25) is 10.0 Å². The van der Waals surface area contributed by atoms with Gasteiger partial charge in [0.1, 0.15) is 16.5 Å². The lowest BCUT2D eigenvalue weighted by atomic mass is 10.1. The molecule has 116 valence electrons. The van der Waals surface area contributed by atoms with E-state index in [1.807, 2.05) is 0 Å². The fraction of sp³-hybridized carbons (Fsp3) is 0.250. The van der Waals surface area contributed by atoms with E-state index in [1.54, 1.807) is 12.1 Å². The van der Waals surface area contributed by atoms with Crippen molar-refractivity contribution in [2.45, 2.75) is 23.8 Å². The lowest BCUT2D eigenvalue weighted by Gasteiger charge is -2.24. The maximum atomic E-state index is 13.9. The largest absolute Gasteiger partial charge is 0.246 e. The molecule has 1 fully saturated rings. The molecule has 22 heavy (non-hydrogen) atoms. The first-order valence-corrected chi connectivity index (χ1v) is 8.46. The number of halogens is 2. The van der Waals surface area contributed by atoms with E-state index in [0.717, 1.165) is 11.6 Å². The molecule has 0 aliphatic carbocycles. The van der Waals surface area contributed by atoms with Crippen LogP contribution in [-0.4, -0.2) is 19.3 Å². The van der Waals surface area contributed by atoms with Crippen molar-refractivity contribution in [3.8, 4) is 0 Å². The topological polar surface area (TPSA) is 37.4 Å². The number of hydrogen-bond donors (Lipinski definition) is 0. The first-order chi connectivity index (χ1) is 10.5. The van der Waals surface area contributed by atoms with Crippen molar-refractivity contribution in [3.05, 3.63) is 65.7 Å². The lowest BCUT2D eigenvalue weighted by Crippen LogP contribution is -2.31. The number of benzene rings is 2. The molecule has 0 amide bonds. The molecule has 2 aromatic carbocycles. The summed E-state index contributed by atoms with van der Waals surface area (Å²) in [6, 6.07) is 10.7. The van der Waals surface area contributed by atoms with Crippen LogP contribution in [0, 0.1) is 11.6 Å². The van der Waals surface area contributed by atoms with Crippen LogP contribution >= 0.6 is 0 Å². The molecule has 0 saturated carbocycles. The molecule has 0 radical (unpaired) electrons. The third kappa shape index (κ3) is 2.64. The summed E-state index contributed by atoms with van der Waals surface area (Å²) in [6.07, 6.45) is 1.33. The summed E-state index contributed by atoms with van der Waals surface area (Å²) in [6.45, 7) is 0.332. The van der Waals surface area contributed by atoms with Crippen LogP contribution in [0.4, 0.5) is 8.78 Å². The number of hydrogen-bond acceptors (Lipinski definition) is 2. The molecule has 0 spiro atoms. The predicted molar refractivity (Wildman–Crippen MR) is 78.7 cm³/mol. The maximum absolute atomic E-state index is 13.9. The van der Waals surface area contributed by atoms with Crippen LogP contribution in [-0.2, 0) is 10.0 Å². The number of nitrogens with zero attached hydrogens (tertiary/aromatic N) is 1. The van der Waals surface area contributed by atoms with Gasteiger partial charge in [-0.15, -0.1) is 0 Å². The minimum atomic E-state index is -3.91. The molecule has 6 heteroatoms. The zero-order valence-electron chi connectivity index (χ0n) is 11.7. The monoisotopic (exact) mass is 323 g/mol. The highest BCUT2D eigenvalue weighted by Crippen LogP contribution is 2.36. The molecule has 1 aliphatic rings. The van der Waals surface area contributed by atoms with E-state index in [-0.39, 0.29) is 16.8 Å². The molecule has 3 rings (SSSR count). The zero-order valence-corrected chi connectivity index (χ0v) is 12.6. The van der Waals surface area contributed by atoms with Gasteiger partial charge in [-0.3, -0.25) is 0 Å². The molecule has 1 heterocycles. The molecule has 0 unspecified atom stereocenters. The second-order valence-electron chi connectivity index (χ2n) is 5.26. The van der Waals surface area contributed by atoms with Crippen molar-refractivity contribution in [1.82, 2.24) is 4.31 Å². The van der Waals surface area contributed by atoms with Crippen molar-refractivity contribution >= 4 is 10.0 Å². The van der Waals surface area contributed by atoms with E-state index in [9.17, 15) is 17.2 Å². The van der Waals surface area contributed by atoms with E-state index in [2.05, 4.69) is 0 Å². The molecule has 1 aliphatic heterocycles. The number of rotatable bonds is 3. The quantitative estimate of drug-likeness (QED) is 0.867. The molecule has 1 saturated heterocycles. The van der Waals surface area contributed by atoms with Gasteiger partial charge >= 0.3 is 0 Å². The Labute approximate surface area is 128 Å². The Hall–Kier alpha value is -1.79. The Morgan fingerprint density at radius 3 is 2.36 bits per heavy atom. The third-order valence-electron chi connectivity index (χ3n) is 3.88. The smallest absolute Gasteiger partial charge is 0.207 e. The van der Waals surface area contributed by atoms with Gasteiger partial charge in [0.25, 0.3) is 0 Å². The van der Waals surface area contributed by atoms with Crippen LogP contribution in [0.5, 0.6) is 0 Å². The summed E-state index contributed by atoms with van der Waals surface area (Å²) in [5.41, 5.74) is 0.721. The third-order valence-corrected chi connectivity index (χ3v) is 5.82. The van der Waals surface area contributed by atoms with Crippen molar-refractivity contribution in [2.75, 3.05) is 6.54 Å². The Bertz CT molecular complexity index is 775. The summed E-state index contributed by atoms with van der Waals surface area (Å²) in [7, 11) is -3.91. The van der Waals surface area contributed by atoms with E-state index in [4.69, 9.17) is 0 Å². The van der Waals surface area contributed by atoms with E-state index in [0.29, 0.717) is 19.4 Å². The van der Waals surface area contributed by atoms with Crippen LogP contribution in [0.15, 0.2) is 53.4 Å². The van der Waals surface area contributed by atoms with Crippen LogP contribution < -0.4 is 0 Å². The average Bonchev–Trinajstić information content (AvgIpc) is 2.98. The first-order valence-electron chi connectivity index (χ1n) is 7.02. The predicted octanol–water partition coefficient (Wildman–Crippen LogP) is 3.49. The Balaban J connectivity index is 1.99. The Morgan fingerprint density at radius 2 is 1.68 bits per heavy atom. The van der Waals surface area contributed by atoms with Gasteiger partial charge in [0, 0.05) is 6.54 Å². The second-order valence-corrected chi connectivity index (χ2v) is 7.11.